The fraction of sp³-hybridized carbons (Fsp3) is 0.238. The molecule has 0 radical (unpaired) electrons. The Hall–Kier alpha value is -2.86. The molecule has 0 atom stereocenters. The minimum absolute atomic E-state index is 0.191. The molecule has 1 heterocycles. The van der Waals surface area contributed by atoms with Crippen molar-refractivity contribution in [3.63, 3.8) is 0 Å². The van der Waals surface area contributed by atoms with Crippen LogP contribution in [-0.4, -0.2) is 24.2 Å². The molecule has 6 heteroatoms. The average Bonchev–Trinajstić information content (AvgIpc) is 3.11. The standard InChI is InChI=1S/C21H23N3O2S/c1-2-12-26-19-9-4-7-17(14-19)23-21(27)22-15-16-6-3-8-18(13-16)24-11-5-10-20(24)25/h2-4,6-9,13-14H,1,5,10-12,15H2,(H2,22,23,27). The van der Waals surface area contributed by atoms with Crippen molar-refractivity contribution in [2.24, 2.45) is 0 Å². The Bertz CT molecular complexity index is 838. The number of thiocarbonyl (C=S) groups is 1. The second-order valence-corrected chi connectivity index (χ2v) is 6.66. The summed E-state index contributed by atoms with van der Waals surface area (Å²) in [5.74, 6) is 0.946. The fourth-order valence-electron chi connectivity index (χ4n) is 2.93. The van der Waals surface area contributed by atoms with E-state index in [0.29, 0.717) is 24.7 Å². The Morgan fingerprint density at radius 2 is 2.11 bits per heavy atom. The topological polar surface area (TPSA) is 53.6 Å². The van der Waals surface area contributed by atoms with Gasteiger partial charge < -0.3 is 20.3 Å². The number of amides is 1. The van der Waals surface area contributed by atoms with E-state index in [1.165, 1.54) is 0 Å². The normalized spacial score (nSPS) is 13.3. The maximum atomic E-state index is 11.9. The van der Waals surface area contributed by atoms with E-state index in [1.54, 1.807) is 6.08 Å². The Morgan fingerprint density at radius 1 is 1.26 bits per heavy atom. The van der Waals surface area contributed by atoms with Crippen LogP contribution in [0, 0.1) is 0 Å². The molecule has 0 unspecified atom stereocenters. The van der Waals surface area contributed by atoms with Crippen molar-refractivity contribution in [3.05, 3.63) is 66.7 Å². The van der Waals surface area contributed by atoms with Gasteiger partial charge in [0, 0.05) is 37.0 Å². The van der Waals surface area contributed by atoms with Crippen LogP contribution in [0.5, 0.6) is 5.75 Å². The van der Waals surface area contributed by atoms with Gasteiger partial charge in [0.2, 0.25) is 5.91 Å². The molecule has 1 aliphatic heterocycles. The summed E-state index contributed by atoms with van der Waals surface area (Å²) in [6.45, 7) is 5.47. The highest BCUT2D eigenvalue weighted by Crippen LogP contribution is 2.22. The molecule has 0 bridgehead atoms. The van der Waals surface area contributed by atoms with Crippen molar-refractivity contribution in [1.82, 2.24) is 5.32 Å². The molecule has 1 fully saturated rings. The third kappa shape index (κ3) is 5.31. The zero-order valence-electron chi connectivity index (χ0n) is 15.1. The number of ether oxygens (including phenoxy) is 1. The summed E-state index contributed by atoms with van der Waals surface area (Å²) in [6.07, 6.45) is 3.26. The lowest BCUT2D eigenvalue weighted by atomic mass is 10.2. The summed E-state index contributed by atoms with van der Waals surface area (Å²) < 4.78 is 5.52. The molecule has 3 rings (SSSR count). The summed E-state index contributed by atoms with van der Waals surface area (Å²) in [5.41, 5.74) is 2.87. The summed E-state index contributed by atoms with van der Waals surface area (Å²) in [7, 11) is 0. The maximum absolute atomic E-state index is 11.9. The number of nitrogens with one attached hydrogen (secondary N) is 2. The van der Waals surface area contributed by atoms with E-state index in [-0.39, 0.29) is 5.91 Å². The zero-order valence-corrected chi connectivity index (χ0v) is 15.9. The molecule has 1 saturated heterocycles. The average molecular weight is 382 g/mol. The van der Waals surface area contributed by atoms with Gasteiger partial charge in [-0.25, -0.2) is 0 Å². The summed E-state index contributed by atoms with van der Waals surface area (Å²) in [5, 5.41) is 6.88. The van der Waals surface area contributed by atoms with E-state index in [9.17, 15) is 4.79 Å². The quantitative estimate of drug-likeness (QED) is 0.563. The van der Waals surface area contributed by atoms with Gasteiger partial charge in [-0.3, -0.25) is 4.79 Å². The highest BCUT2D eigenvalue weighted by atomic mass is 32.1. The van der Waals surface area contributed by atoms with Crippen LogP contribution in [0.15, 0.2) is 61.2 Å². The summed E-state index contributed by atoms with van der Waals surface area (Å²) in [4.78, 5) is 13.8. The van der Waals surface area contributed by atoms with Crippen LogP contribution in [0.1, 0.15) is 18.4 Å². The molecule has 2 aromatic rings. The first-order chi connectivity index (χ1) is 13.2. The largest absolute Gasteiger partial charge is 0.489 e. The lowest BCUT2D eigenvalue weighted by Crippen LogP contribution is -2.28. The molecule has 27 heavy (non-hydrogen) atoms. The van der Waals surface area contributed by atoms with E-state index in [2.05, 4.69) is 17.2 Å². The molecule has 0 aliphatic carbocycles. The van der Waals surface area contributed by atoms with Gasteiger partial charge in [0.1, 0.15) is 12.4 Å². The van der Waals surface area contributed by atoms with Gasteiger partial charge >= 0.3 is 0 Å². The summed E-state index contributed by atoms with van der Waals surface area (Å²) in [6, 6.07) is 15.6. The SMILES string of the molecule is C=CCOc1cccc(NC(=S)NCc2cccc(N3CCCC3=O)c2)c1. The molecule has 140 valence electrons. The van der Waals surface area contributed by atoms with Crippen molar-refractivity contribution in [3.8, 4) is 5.75 Å². The van der Waals surface area contributed by atoms with Gasteiger partial charge in [0.05, 0.1) is 0 Å². The highest BCUT2D eigenvalue weighted by molar-refractivity contribution is 7.80. The lowest BCUT2D eigenvalue weighted by molar-refractivity contribution is -0.117. The van der Waals surface area contributed by atoms with Gasteiger partial charge in [0.25, 0.3) is 0 Å². The predicted octanol–water partition coefficient (Wildman–Crippen LogP) is 3.86. The number of benzene rings is 2. The predicted molar refractivity (Wildman–Crippen MR) is 113 cm³/mol. The van der Waals surface area contributed by atoms with Crippen LogP contribution in [-0.2, 0) is 11.3 Å². The molecule has 0 spiro atoms. The second kappa shape index (κ2) is 9.19. The van der Waals surface area contributed by atoms with Crippen LogP contribution < -0.4 is 20.3 Å². The third-order valence-electron chi connectivity index (χ3n) is 4.21. The Balaban J connectivity index is 1.55. The van der Waals surface area contributed by atoms with Crippen LogP contribution >= 0.6 is 12.2 Å². The molecule has 1 aliphatic rings. The first kappa shape index (κ1) is 18.9. The molecule has 5 nitrogen and oxygen atoms in total. The minimum atomic E-state index is 0.191. The number of carbonyl (C=O) groups is 1. The van der Waals surface area contributed by atoms with E-state index < -0.39 is 0 Å². The maximum Gasteiger partial charge on any atom is 0.227 e. The highest BCUT2D eigenvalue weighted by Gasteiger charge is 2.21. The van der Waals surface area contributed by atoms with Crippen LogP contribution in [0.25, 0.3) is 0 Å². The molecule has 0 saturated carbocycles. The molecular formula is C21H23N3O2S. The van der Waals surface area contributed by atoms with E-state index >= 15 is 0 Å². The minimum Gasteiger partial charge on any atom is -0.489 e. The third-order valence-corrected chi connectivity index (χ3v) is 4.45. The number of anilines is 2. The molecule has 2 N–H and O–H groups in total. The Morgan fingerprint density at radius 3 is 2.89 bits per heavy atom. The second-order valence-electron chi connectivity index (χ2n) is 6.25. The van der Waals surface area contributed by atoms with Gasteiger partial charge in [-0.15, -0.1) is 0 Å². The monoisotopic (exact) mass is 381 g/mol. The van der Waals surface area contributed by atoms with Crippen LogP contribution in [0.2, 0.25) is 0 Å². The number of rotatable bonds is 7. The number of hydrogen-bond acceptors (Lipinski definition) is 3. The van der Waals surface area contributed by atoms with Crippen molar-refractivity contribution in [2.75, 3.05) is 23.4 Å². The number of nitrogens with zero attached hydrogens (tertiary/aromatic N) is 1. The van der Waals surface area contributed by atoms with Crippen molar-refractivity contribution in [2.45, 2.75) is 19.4 Å². The van der Waals surface area contributed by atoms with Crippen molar-refractivity contribution < 1.29 is 9.53 Å². The Kier molecular flexibility index (Phi) is 6.44. The van der Waals surface area contributed by atoms with E-state index in [0.717, 1.165) is 35.7 Å². The van der Waals surface area contributed by atoms with Crippen LogP contribution in [0.4, 0.5) is 11.4 Å². The first-order valence-electron chi connectivity index (χ1n) is 8.93. The first-order valence-corrected chi connectivity index (χ1v) is 9.34. The summed E-state index contributed by atoms with van der Waals surface area (Å²) >= 11 is 5.38. The zero-order chi connectivity index (χ0) is 19.1. The van der Waals surface area contributed by atoms with Gasteiger partial charge in [0.15, 0.2) is 5.11 Å². The van der Waals surface area contributed by atoms with Gasteiger partial charge in [-0.05, 0) is 48.5 Å². The van der Waals surface area contributed by atoms with Gasteiger partial charge in [-0.1, -0.05) is 30.9 Å². The number of carbonyl (C=O) groups excluding carboxylic acids is 1. The van der Waals surface area contributed by atoms with Crippen LogP contribution in [0.3, 0.4) is 0 Å². The van der Waals surface area contributed by atoms with E-state index in [4.69, 9.17) is 17.0 Å². The molecular weight excluding hydrogens is 358 g/mol. The molecule has 0 aromatic heterocycles. The Labute approximate surface area is 165 Å². The molecule has 1 amide bonds. The van der Waals surface area contributed by atoms with Gasteiger partial charge in [-0.2, -0.15) is 0 Å². The van der Waals surface area contributed by atoms with E-state index in [1.807, 2.05) is 53.4 Å². The fourth-order valence-corrected chi connectivity index (χ4v) is 3.12. The van der Waals surface area contributed by atoms with Crippen molar-refractivity contribution in [1.29, 1.82) is 0 Å². The van der Waals surface area contributed by atoms with Crippen molar-refractivity contribution >= 4 is 34.6 Å². The molecule has 2 aromatic carbocycles. The smallest absolute Gasteiger partial charge is 0.227 e. The lowest BCUT2D eigenvalue weighted by Gasteiger charge is -2.17. The number of hydrogen-bond donors (Lipinski definition) is 2.